The van der Waals surface area contributed by atoms with E-state index < -0.39 is 0 Å². The van der Waals surface area contributed by atoms with E-state index in [0.29, 0.717) is 25.8 Å². The molecule has 144 valence electrons. The molecule has 2 aromatic carbocycles. The summed E-state index contributed by atoms with van der Waals surface area (Å²) in [6.07, 6.45) is 3.19. The molecular formula is C21H23N5O2. The summed E-state index contributed by atoms with van der Waals surface area (Å²) in [6, 6.07) is 16.7. The average Bonchev–Trinajstić information content (AvgIpc) is 3.33. The van der Waals surface area contributed by atoms with Gasteiger partial charge in [0, 0.05) is 12.5 Å². The highest BCUT2D eigenvalue weighted by Gasteiger charge is 2.28. The number of tetrazole rings is 1. The first-order valence-corrected chi connectivity index (χ1v) is 9.85. The second-order valence-electron chi connectivity index (χ2n) is 7.23. The lowest BCUT2D eigenvalue weighted by molar-refractivity contribution is 0.239. The van der Waals surface area contributed by atoms with Crippen LogP contribution in [0.5, 0.6) is 11.5 Å². The smallest absolute Gasteiger partial charge is 0.170 e. The molecule has 0 N–H and O–H groups in total. The fourth-order valence-corrected chi connectivity index (χ4v) is 4.04. The zero-order valence-electron chi connectivity index (χ0n) is 15.7. The molecule has 0 aliphatic carbocycles. The summed E-state index contributed by atoms with van der Waals surface area (Å²) in [5.41, 5.74) is 2.24. The number of aromatic nitrogens is 4. The SMILES string of the molecule is c1ccc(-n2nnnc2CN2CCC[C@H]2c2ccc3c(c2)OCCCO3)cc1. The number of hydrogen-bond donors (Lipinski definition) is 0. The van der Waals surface area contributed by atoms with Crippen molar-refractivity contribution in [2.24, 2.45) is 0 Å². The Morgan fingerprint density at radius 1 is 0.964 bits per heavy atom. The quantitative estimate of drug-likeness (QED) is 0.696. The van der Waals surface area contributed by atoms with Crippen molar-refractivity contribution >= 4 is 0 Å². The Bertz CT molecular complexity index is 943. The zero-order chi connectivity index (χ0) is 18.8. The molecule has 2 aliphatic rings. The second-order valence-corrected chi connectivity index (χ2v) is 7.23. The third-order valence-electron chi connectivity index (χ3n) is 5.40. The number of rotatable bonds is 4. The maximum atomic E-state index is 5.89. The minimum absolute atomic E-state index is 0.332. The standard InChI is InChI=1S/C21H23N5O2/c1-2-6-17(7-3-1)26-21(22-23-24-26)15-25-11-4-8-18(25)16-9-10-19-20(14-16)28-13-5-12-27-19/h1-3,6-7,9-10,14,18H,4-5,8,11-13,15H2/t18-/m0/s1. The van der Waals surface area contributed by atoms with Crippen LogP contribution in [-0.4, -0.2) is 44.9 Å². The lowest BCUT2D eigenvalue weighted by Gasteiger charge is -2.25. The van der Waals surface area contributed by atoms with Crippen molar-refractivity contribution < 1.29 is 9.47 Å². The van der Waals surface area contributed by atoms with Gasteiger partial charge in [-0.2, -0.15) is 4.68 Å². The Labute approximate surface area is 163 Å². The summed E-state index contributed by atoms with van der Waals surface area (Å²) in [5, 5.41) is 12.4. The number of hydrogen-bond acceptors (Lipinski definition) is 6. The van der Waals surface area contributed by atoms with Crippen LogP contribution in [0.3, 0.4) is 0 Å². The Balaban J connectivity index is 1.39. The first kappa shape index (κ1) is 17.2. The van der Waals surface area contributed by atoms with Gasteiger partial charge in [-0.05, 0) is 59.6 Å². The van der Waals surface area contributed by atoms with Gasteiger partial charge in [0.1, 0.15) is 0 Å². The van der Waals surface area contributed by atoms with E-state index in [-0.39, 0.29) is 0 Å². The second kappa shape index (κ2) is 7.59. The number of fused-ring (bicyclic) bond motifs is 1. The van der Waals surface area contributed by atoms with Gasteiger partial charge in [-0.25, -0.2) is 0 Å². The van der Waals surface area contributed by atoms with Crippen LogP contribution in [0.1, 0.15) is 36.7 Å². The molecular weight excluding hydrogens is 354 g/mol. The molecule has 5 rings (SSSR count). The van der Waals surface area contributed by atoms with Gasteiger partial charge in [0.15, 0.2) is 17.3 Å². The molecule has 7 heteroatoms. The maximum absolute atomic E-state index is 5.89. The van der Waals surface area contributed by atoms with E-state index in [1.807, 2.05) is 41.1 Å². The molecule has 3 heterocycles. The highest BCUT2D eigenvalue weighted by molar-refractivity contribution is 5.44. The van der Waals surface area contributed by atoms with E-state index in [1.165, 1.54) is 5.56 Å². The lowest BCUT2D eigenvalue weighted by atomic mass is 10.0. The molecule has 1 fully saturated rings. The predicted molar refractivity (Wildman–Crippen MR) is 104 cm³/mol. The van der Waals surface area contributed by atoms with E-state index >= 15 is 0 Å². The van der Waals surface area contributed by atoms with E-state index in [9.17, 15) is 0 Å². The Morgan fingerprint density at radius 3 is 2.71 bits per heavy atom. The average molecular weight is 377 g/mol. The number of benzene rings is 2. The minimum atomic E-state index is 0.332. The third-order valence-corrected chi connectivity index (χ3v) is 5.40. The summed E-state index contributed by atoms with van der Waals surface area (Å²) in [5.74, 6) is 2.56. The van der Waals surface area contributed by atoms with Gasteiger partial charge in [0.25, 0.3) is 0 Å². The first-order chi connectivity index (χ1) is 13.9. The molecule has 7 nitrogen and oxygen atoms in total. The molecule has 1 aromatic heterocycles. The van der Waals surface area contributed by atoms with Gasteiger partial charge >= 0.3 is 0 Å². The van der Waals surface area contributed by atoms with Crippen molar-refractivity contribution in [1.29, 1.82) is 0 Å². The van der Waals surface area contributed by atoms with E-state index in [0.717, 1.165) is 48.8 Å². The summed E-state index contributed by atoms with van der Waals surface area (Å²) in [6.45, 7) is 3.16. The number of para-hydroxylation sites is 1. The molecule has 0 bridgehead atoms. The largest absolute Gasteiger partial charge is 0.490 e. The van der Waals surface area contributed by atoms with Crippen molar-refractivity contribution in [2.45, 2.75) is 31.8 Å². The van der Waals surface area contributed by atoms with E-state index in [2.05, 4.69) is 32.6 Å². The maximum Gasteiger partial charge on any atom is 0.170 e. The minimum Gasteiger partial charge on any atom is -0.490 e. The zero-order valence-corrected chi connectivity index (χ0v) is 15.7. The number of ether oxygens (including phenoxy) is 2. The van der Waals surface area contributed by atoms with E-state index in [4.69, 9.17) is 9.47 Å². The Kier molecular flexibility index (Phi) is 4.66. The van der Waals surface area contributed by atoms with Crippen LogP contribution in [0.4, 0.5) is 0 Å². The molecule has 0 unspecified atom stereocenters. The molecule has 1 atom stereocenters. The van der Waals surface area contributed by atoms with Gasteiger partial charge in [-0.1, -0.05) is 24.3 Å². The number of likely N-dealkylation sites (tertiary alicyclic amines) is 1. The van der Waals surface area contributed by atoms with Gasteiger partial charge in [-0.15, -0.1) is 5.10 Å². The van der Waals surface area contributed by atoms with Crippen LogP contribution in [0.15, 0.2) is 48.5 Å². The fourth-order valence-electron chi connectivity index (χ4n) is 4.04. The van der Waals surface area contributed by atoms with Gasteiger partial charge in [0.05, 0.1) is 25.4 Å². The number of nitrogens with zero attached hydrogens (tertiary/aromatic N) is 5. The molecule has 0 radical (unpaired) electrons. The van der Waals surface area contributed by atoms with Crippen LogP contribution >= 0.6 is 0 Å². The fraction of sp³-hybridized carbons (Fsp3) is 0.381. The molecule has 0 saturated carbocycles. The highest BCUT2D eigenvalue weighted by atomic mass is 16.5. The summed E-state index contributed by atoms with van der Waals surface area (Å²) >= 11 is 0. The van der Waals surface area contributed by atoms with Crippen LogP contribution in [-0.2, 0) is 6.54 Å². The van der Waals surface area contributed by atoms with Crippen molar-refractivity contribution in [3.8, 4) is 17.2 Å². The lowest BCUT2D eigenvalue weighted by Crippen LogP contribution is -2.24. The molecule has 0 amide bonds. The summed E-state index contributed by atoms with van der Waals surface area (Å²) in [7, 11) is 0. The normalized spacial score (nSPS) is 19.5. The molecule has 28 heavy (non-hydrogen) atoms. The van der Waals surface area contributed by atoms with Crippen LogP contribution < -0.4 is 9.47 Å². The van der Waals surface area contributed by atoms with Gasteiger partial charge in [0.2, 0.25) is 0 Å². The highest BCUT2D eigenvalue weighted by Crippen LogP contribution is 2.38. The van der Waals surface area contributed by atoms with Crippen molar-refractivity contribution in [3.63, 3.8) is 0 Å². The van der Waals surface area contributed by atoms with Crippen LogP contribution in [0.25, 0.3) is 5.69 Å². The molecule has 3 aromatic rings. The Morgan fingerprint density at radius 2 is 1.82 bits per heavy atom. The predicted octanol–water partition coefficient (Wildman–Crippen LogP) is 3.16. The first-order valence-electron chi connectivity index (χ1n) is 9.85. The molecule has 1 saturated heterocycles. The Hall–Kier alpha value is -2.93. The van der Waals surface area contributed by atoms with Crippen molar-refractivity contribution in [3.05, 3.63) is 59.9 Å². The van der Waals surface area contributed by atoms with Crippen molar-refractivity contribution in [1.82, 2.24) is 25.1 Å². The van der Waals surface area contributed by atoms with Crippen molar-refractivity contribution in [2.75, 3.05) is 19.8 Å². The van der Waals surface area contributed by atoms with Gasteiger partial charge in [-0.3, -0.25) is 4.90 Å². The van der Waals surface area contributed by atoms with Gasteiger partial charge < -0.3 is 9.47 Å². The summed E-state index contributed by atoms with van der Waals surface area (Å²) < 4.78 is 13.5. The van der Waals surface area contributed by atoms with Crippen LogP contribution in [0, 0.1) is 0 Å². The third kappa shape index (κ3) is 3.33. The van der Waals surface area contributed by atoms with Crippen LogP contribution in [0.2, 0.25) is 0 Å². The summed E-state index contributed by atoms with van der Waals surface area (Å²) in [4.78, 5) is 2.45. The van der Waals surface area contributed by atoms with E-state index in [1.54, 1.807) is 0 Å². The monoisotopic (exact) mass is 377 g/mol. The topological polar surface area (TPSA) is 65.3 Å². The molecule has 0 spiro atoms. The molecule has 2 aliphatic heterocycles.